The largest absolute Gasteiger partial charge is 0.423 e. The third-order valence-electron chi connectivity index (χ3n) is 3.60. The number of nitrogens with one attached hydrogen (secondary N) is 1. The summed E-state index contributed by atoms with van der Waals surface area (Å²) in [6.45, 7) is 0. The Hall–Kier alpha value is -3.44. The molecule has 0 bridgehead atoms. The summed E-state index contributed by atoms with van der Waals surface area (Å²) >= 11 is 5.98. The molecule has 3 rings (SSSR count). The Morgan fingerprint density at radius 1 is 0.889 bits per heavy atom. The minimum Gasteiger partial charge on any atom is -0.423 e. The van der Waals surface area contributed by atoms with Crippen molar-refractivity contribution in [2.75, 3.05) is 0 Å². The molecule has 134 valence electrons. The number of carbonyl (C=O) groups is 2. The fourth-order valence-electron chi connectivity index (χ4n) is 2.23. The van der Waals surface area contributed by atoms with Gasteiger partial charge in [0.15, 0.2) is 0 Å². The van der Waals surface area contributed by atoms with Crippen LogP contribution in [0, 0.1) is 0 Å². The fraction of sp³-hybridized carbons (Fsp3) is 0. The van der Waals surface area contributed by atoms with E-state index in [0.29, 0.717) is 21.9 Å². The Morgan fingerprint density at radius 2 is 1.56 bits per heavy atom. The Balaban J connectivity index is 1.58. The van der Waals surface area contributed by atoms with Crippen LogP contribution in [0.4, 0.5) is 0 Å². The molecule has 0 spiro atoms. The molecule has 0 saturated heterocycles. The van der Waals surface area contributed by atoms with E-state index < -0.39 is 5.97 Å². The highest BCUT2D eigenvalue weighted by Gasteiger charge is 2.11. The van der Waals surface area contributed by atoms with Crippen LogP contribution in [0.1, 0.15) is 26.3 Å². The van der Waals surface area contributed by atoms with E-state index in [4.69, 9.17) is 16.3 Å². The van der Waals surface area contributed by atoms with Crippen LogP contribution in [-0.4, -0.2) is 18.1 Å². The number of halogens is 1. The zero-order valence-corrected chi connectivity index (χ0v) is 14.9. The van der Waals surface area contributed by atoms with E-state index in [9.17, 15) is 9.59 Å². The minimum absolute atomic E-state index is 0.294. The number of carbonyl (C=O) groups excluding carboxylic acids is 2. The van der Waals surface area contributed by atoms with Crippen LogP contribution in [0.3, 0.4) is 0 Å². The first-order valence-corrected chi connectivity index (χ1v) is 8.46. The topological polar surface area (TPSA) is 67.8 Å². The Kier molecular flexibility index (Phi) is 5.97. The molecule has 0 atom stereocenters. The van der Waals surface area contributed by atoms with Crippen molar-refractivity contribution in [3.8, 4) is 5.75 Å². The third kappa shape index (κ3) is 5.03. The maximum atomic E-state index is 12.1. The molecule has 0 aliphatic rings. The predicted molar refractivity (Wildman–Crippen MR) is 104 cm³/mol. The van der Waals surface area contributed by atoms with Gasteiger partial charge in [-0.3, -0.25) is 4.79 Å². The number of hydrogen-bond acceptors (Lipinski definition) is 4. The minimum atomic E-state index is -0.530. The van der Waals surface area contributed by atoms with Gasteiger partial charge in [-0.15, -0.1) is 0 Å². The molecule has 1 amide bonds. The van der Waals surface area contributed by atoms with Gasteiger partial charge in [0.2, 0.25) is 0 Å². The molecule has 1 N–H and O–H groups in total. The van der Waals surface area contributed by atoms with Crippen molar-refractivity contribution < 1.29 is 14.3 Å². The number of hydrazone groups is 1. The Bertz CT molecular complexity index is 970. The molecule has 0 saturated carbocycles. The molecule has 6 heteroatoms. The molecule has 0 unspecified atom stereocenters. The molecule has 0 aliphatic carbocycles. The smallest absolute Gasteiger partial charge is 0.345 e. The summed E-state index contributed by atoms with van der Waals surface area (Å²) in [5, 5.41) is 4.25. The number of hydrogen-bond donors (Lipinski definition) is 1. The van der Waals surface area contributed by atoms with Crippen molar-refractivity contribution in [3.63, 3.8) is 0 Å². The van der Waals surface area contributed by atoms with Crippen LogP contribution in [0.5, 0.6) is 5.75 Å². The van der Waals surface area contributed by atoms with E-state index in [-0.39, 0.29) is 5.91 Å². The van der Waals surface area contributed by atoms with Gasteiger partial charge in [-0.25, -0.2) is 10.2 Å². The van der Waals surface area contributed by atoms with E-state index in [2.05, 4.69) is 10.5 Å². The van der Waals surface area contributed by atoms with Gasteiger partial charge in [0, 0.05) is 5.56 Å². The molecular formula is C21H15ClN2O3. The number of ether oxygens (including phenoxy) is 1. The molecule has 0 fully saturated rings. The van der Waals surface area contributed by atoms with Crippen LogP contribution < -0.4 is 10.2 Å². The average molecular weight is 379 g/mol. The lowest BCUT2D eigenvalue weighted by molar-refractivity contribution is 0.0734. The van der Waals surface area contributed by atoms with Crippen molar-refractivity contribution in [1.82, 2.24) is 5.43 Å². The molecule has 3 aromatic rings. The van der Waals surface area contributed by atoms with E-state index in [1.165, 1.54) is 6.21 Å². The molecule has 0 heterocycles. The summed E-state index contributed by atoms with van der Waals surface area (Å²) in [6.07, 6.45) is 1.50. The summed E-state index contributed by atoms with van der Waals surface area (Å²) in [5.41, 5.74) is 4.01. The third-order valence-corrected chi connectivity index (χ3v) is 3.93. The second-order valence-electron chi connectivity index (χ2n) is 5.50. The Labute approximate surface area is 161 Å². The summed E-state index contributed by atoms with van der Waals surface area (Å²) in [5.74, 6) is -0.445. The zero-order chi connectivity index (χ0) is 19.1. The number of esters is 1. The lowest BCUT2D eigenvalue weighted by Crippen LogP contribution is -2.17. The van der Waals surface area contributed by atoms with Crippen molar-refractivity contribution in [2.24, 2.45) is 5.10 Å². The van der Waals surface area contributed by atoms with Crippen LogP contribution in [0.25, 0.3) is 0 Å². The van der Waals surface area contributed by atoms with E-state index in [1.54, 1.807) is 72.8 Å². The van der Waals surface area contributed by atoms with Gasteiger partial charge in [0.05, 0.1) is 16.8 Å². The molecule has 0 aliphatic heterocycles. The molecule has 3 aromatic carbocycles. The van der Waals surface area contributed by atoms with Gasteiger partial charge in [0.25, 0.3) is 5.91 Å². The van der Waals surface area contributed by atoms with Crippen molar-refractivity contribution in [1.29, 1.82) is 0 Å². The van der Waals surface area contributed by atoms with Crippen molar-refractivity contribution in [3.05, 3.63) is 101 Å². The van der Waals surface area contributed by atoms with E-state index in [1.807, 2.05) is 6.07 Å². The normalized spacial score (nSPS) is 10.6. The SMILES string of the molecule is O=C(N/N=C\c1ccc(OC(=O)c2ccccc2Cl)cc1)c1ccccc1. The molecule has 5 nitrogen and oxygen atoms in total. The van der Waals surface area contributed by atoms with Gasteiger partial charge in [-0.2, -0.15) is 5.10 Å². The van der Waals surface area contributed by atoms with Gasteiger partial charge < -0.3 is 4.74 Å². The van der Waals surface area contributed by atoms with E-state index >= 15 is 0 Å². The van der Waals surface area contributed by atoms with Crippen LogP contribution in [-0.2, 0) is 0 Å². The predicted octanol–water partition coefficient (Wildman–Crippen LogP) is 4.32. The first-order chi connectivity index (χ1) is 13.1. The van der Waals surface area contributed by atoms with Crippen molar-refractivity contribution in [2.45, 2.75) is 0 Å². The summed E-state index contributed by atoms with van der Waals surface area (Å²) in [6, 6.07) is 22.2. The maximum Gasteiger partial charge on any atom is 0.345 e. The second kappa shape index (κ2) is 8.78. The summed E-state index contributed by atoms with van der Waals surface area (Å²) in [4.78, 5) is 24.0. The van der Waals surface area contributed by atoms with Gasteiger partial charge in [-0.05, 0) is 54.1 Å². The van der Waals surface area contributed by atoms with Gasteiger partial charge in [0.1, 0.15) is 5.75 Å². The average Bonchev–Trinajstić information content (AvgIpc) is 2.70. The highest BCUT2D eigenvalue weighted by molar-refractivity contribution is 6.33. The molecular weight excluding hydrogens is 364 g/mol. The van der Waals surface area contributed by atoms with Crippen LogP contribution in [0.2, 0.25) is 5.02 Å². The van der Waals surface area contributed by atoms with Crippen molar-refractivity contribution >= 4 is 29.7 Å². The van der Waals surface area contributed by atoms with Crippen LogP contribution in [0.15, 0.2) is 84.0 Å². The summed E-state index contributed by atoms with van der Waals surface area (Å²) in [7, 11) is 0. The number of rotatable bonds is 5. The summed E-state index contributed by atoms with van der Waals surface area (Å²) < 4.78 is 5.30. The molecule has 0 radical (unpaired) electrons. The lowest BCUT2D eigenvalue weighted by Gasteiger charge is -2.05. The molecule has 0 aromatic heterocycles. The highest BCUT2D eigenvalue weighted by atomic mass is 35.5. The lowest BCUT2D eigenvalue weighted by atomic mass is 10.2. The first-order valence-electron chi connectivity index (χ1n) is 8.09. The van der Waals surface area contributed by atoms with Gasteiger partial charge >= 0.3 is 5.97 Å². The van der Waals surface area contributed by atoms with Crippen LogP contribution >= 0.6 is 11.6 Å². The number of amides is 1. The fourth-order valence-corrected chi connectivity index (χ4v) is 2.44. The van der Waals surface area contributed by atoms with E-state index in [0.717, 1.165) is 5.56 Å². The quantitative estimate of drug-likeness (QED) is 0.311. The first kappa shape index (κ1) is 18.4. The standard InChI is InChI=1S/C21H15ClN2O3/c22-19-9-5-4-8-18(19)21(26)27-17-12-10-15(11-13-17)14-23-24-20(25)16-6-2-1-3-7-16/h1-14H,(H,24,25)/b23-14-. The highest BCUT2D eigenvalue weighted by Crippen LogP contribution is 2.18. The molecule has 27 heavy (non-hydrogen) atoms. The number of nitrogens with zero attached hydrogens (tertiary/aromatic N) is 1. The Morgan fingerprint density at radius 3 is 2.26 bits per heavy atom. The second-order valence-corrected chi connectivity index (χ2v) is 5.91. The maximum absolute atomic E-state index is 12.1. The monoisotopic (exact) mass is 378 g/mol. The van der Waals surface area contributed by atoms with Gasteiger partial charge in [-0.1, -0.05) is 41.9 Å². The zero-order valence-electron chi connectivity index (χ0n) is 14.1. The number of benzene rings is 3.